The van der Waals surface area contributed by atoms with Gasteiger partial charge in [0.25, 0.3) is 10.0 Å². The van der Waals surface area contributed by atoms with E-state index >= 15 is 0 Å². The molecular formula is C28H41N7O2S. The minimum Gasteiger partial charge on any atom is -0.348 e. The van der Waals surface area contributed by atoms with Crippen LogP contribution in [0, 0.1) is 0 Å². The molecular weight excluding hydrogens is 498 g/mol. The van der Waals surface area contributed by atoms with Gasteiger partial charge >= 0.3 is 0 Å². The zero-order chi connectivity index (χ0) is 27.0. The number of fused-ring (bicyclic) bond motifs is 1. The van der Waals surface area contributed by atoms with E-state index in [2.05, 4.69) is 38.6 Å². The lowest BCUT2D eigenvalue weighted by Crippen LogP contribution is -2.31. The van der Waals surface area contributed by atoms with Crippen LogP contribution < -0.4 is 0 Å². The predicted molar refractivity (Wildman–Crippen MR) is 150 cm³/mol. The second-order valence-electron chi connectivity index (χ2n) is 9.99. The number of hydrogen-bond acceptors (Lipinski definition) is 6. The number of H-pyrrole nitrogens is 1. The fraction of sp³-hybridized carbons (Fsp3) is 0.500. The van der Waals surface area contributed by atoms with Crippen LogP contribution in [0.25, 0.3) is 6.08 Å². The van der Waals surface area contributed by atoms with Crippen LogP contribution in [0.5, 0.6) is 0 Å². The van der Waals surface area contributed by atoms with Crippen molar-refractivity contribution in [3.8, 4) is 0 Å². The zero-order valence-corrected chi connectivity index (χ0v) is 23.7. The molecule has 0 saturated heterocycles. The lowest BCUT2D eigenvalue weighted by molar-refractivity contribution is 0.233. The van der Waals surface area contributed by atoms with Crippen LogP contribution in [0.1, 0.15) is 62.3 Å². The van der Waals surface area contributed by atoms with Crippen LogP contribution >= 0.6 is 0 Å². The van der Waals surface area contributed by atoms with Crippen LogP contribution in [0.15, 0.2) is 54.1 Å². The first-order chi connectivity index (χ1) is 18.4. The molecule has 0 atom stereocenters. The summed E-state index contributed by atoms with van der Waals surface area (Å²) in [4.78, 5) is 17.1. The van der Waals surface area contributed by atoms with E-state index < -0.39 is 10.0 Å². The molecule has 0 spiro atoms. The van der Waals surface area contributed by atoms with Crippen molar-refractivity contribution >= 4 is 16.1 Å². The average molecular weight is 540 g/mol. The Kier molecular flexibility index (Phi) is 9.76. The van der Waals surface area contributed by atoms with Gasteiger partial charge < -0.3 is 14.5 Å². The molecule has 1 aromatic carbocycles. The second-order valence-corrected chi connectivity index (χ2v) is 11.8. The van der Waals surface area contributed by atoms with Gasteiger partial charge in [-0.15, -0.1) is 0 Å². The van der Waals surface area contributed by atoms with E-state index in [1.807, 2.05) is 42.2 Å². The number of aromatic amines is 1. The molecule has 0 aliphatic carbocycles. The molecule has 4 rings (SSSR count). The monoisotopic (exact) mass is 539 g/mol. The van der Waals surface area contributed by atoms with Crippen molar-refractivity contribution in [2.24, 2.45) is 7.05 Å². The van der Waals surface area contributed by atoms with Crippen molar-refractivity contribution < 1.29 is 8.42 Å². The standard InChI is InChI=1S/C28H41N7O2S/c1-4-14-33(15-5-2)16-6-7-17-35-18-10-25-20-24(8-9-26(25)38(35,36)37)21-34(22-27-29-11-12-30-27)23-28-31-13-19-32(28)3/h8-13,18-20H,4-7,14-17,21-23H2,1-3H3,(H,29,30). The lowest BCUT2D eigenvalue weighted by atomic mass is 10.1. The topological polar surface area (TPSA) is 90.4 Å². The van der Waals surface area contributed by atoms with E-state index in [1.54, 1.807) is 24.7 Å². The van der Waals surface area contributed by atoms with Gasteiger partial charge in [-0.2, -0.15) is 0 Å². The molecule has 2 aromatic heterocycles. The van der Waals surface area contributed by atoms with Gasteiger partial charge in [0.05, 0.1) is 18.0 Å². The molecule has 0 unspecified atom stereocenters. The van der Waals surface area contributed by atoms with Gasteiger partial charge in [-0.3, -0.25) is 9.21 Å². The van der Waals surface area contributed by atoms with Crippen molar-refractivity contribution in [1.29, 1.82) is 0 Å². The summed E-state index contributed by atoms with van der Waals surface area (Å²) in [7, 11) is -1.56. The number of sulfonamides is 1. The highest BCUT2D eigenvalue weighted by atomic mass is 32.2. The number of imidazole rings is 2. The summed E-state index contributed by atoms with van der Waals surface area (Å²) in [6.45, 7) is 10.1. The normalized spacial score (nSPS) is 14.5. The van der Waals surface area contributed by atoms with Crippen molar-refractivity contribution in [2.45, 2.75) is 64.1 Å². The number of aryl methyl sites for hydroxylation is 1. The number of unbranched alkanes of at least 4 members (excludes halogenated alkanes) is 1. The lowest BCUT2D eigenvalue weighted by Gasteiger charge is -2.27. The Morgan fingerprint density at radius 2 is 1.76 bits per heavy atom. The Morgan fingerprint density at radius 1 is 0.947 bits per heavy atom. The van der Waals surface area contributed by atoms with E-state index in [4.69, 9.17) is 0 Å². The highest BCUT2D eigenvalue weighted by molar-refractivity contribution is 7.89. The van der Waals surface area contributed by atoms with Gasteiger partial charge in [0.1, 0.15) is 11.6 Å². The quantitative estimate of drug-likeness (QED) is 0.291. The first kappa shape index (κ1) is 28.1. The van der Waals surface area contributed by atoms with E-state index in [-0.39, 0.29) is 0 Å². The number of nitrogens with one attached hydrogen (secondary N) is 1. The first-order valence-corrected chi connectivity index (χ1v) is 15.1. The maximum atomic E-state index is 13.4. The molecule has 1 aliphatic heterocycles. The van der Waals surface area contributed by atoms with Crippen LogP contribution in [0.3, 0.4) is 0 Å². The SMILES string of the molecule is CCCN(CCC)CCCCN1C=Cc2cc(CN(Cc3ncc[nH]3)Cc3nccn3C)ccc2S1(=O)=O. The highest BCUT2D eigenvalue weighted by Gasteiger charge is 2.27. The Bertz CT molecular complexity index is 1280. The molecule has 0 bridgehead atoms. The number of hydrogen-bond donors (Lipinski definition) is 1. The third-order valence-electron chi connectivity index (χ3n) is 6.88. The summed E-state index contributed by atoms with van der Waals surface area (Å²) >= 11 is 0. The van der Waals surface area contributed by atoms with E-state index in [0.29, 0.717) is 31.1 Å². The second kappa shape index (κ2) is 13.2. The molecule has 10 heteroatoms. The van der Waals surface area contributed by atoms with Crippen molar-refractivity contribution in [1.82, 2.24) is 33.6 Å². The molecule has 0 fully saturated rings. The third-order valence-corrected chi connectivity index (χ3v) is 8.73. The molecule has 3 heterocycles. The van der Waals surface area contributed by atoms with Crippen LogP contribution in [0.2, 0.25) is 0 Å². The molecule has 1 N–H and O–H groups in total. The predicted octanol–water partition coefficient (Wildman–Crippen LogP) is 4.22. The zero-order valence-electron chi connectivity index (χ0n) is 22.9. The van der Waals surface area contributed by atoms with Crippen molar-refractivity contribution in [2.75, 3.05) is 26.2 Å². The summed E-state index contributed by atoms with van der Waals surface area (Å²) in [5.74, 6) is 1.84. The number of aromatic nitrogens is 4. The van der Waals surface area contributed by atoms with Gasteiger partial charge in [-0.05, 0) is 74.7 Å². The minimum atomic E-state index is -3.55. The van der Waals surface area contributed by atoms with Gasteiger partial charge in [0.15, 0.2) is 0 Å². The first-order valence-electron chi connectivity index (χ1n) is 13.6. The smallest absolute Gasteiger partial charge is 0.264 e. The Morgan fingerprint density at radius 3 is 2.45 bits per heavy atom. The number of rotatable bonds is 15. The minimum absolute atomic E-state index is 0.379. The van der Waals surface area contributed by atoms with E-state index in [0.717, 1.165) is 68.1 Å². The summed E-state index contributed by atoms with van der Waals surface area (Å²) in [6, 6.07) is 5.67. The van der Waals surface area contributed by atoms with Gasteiger partial charge in [0.2, 0.25) is 0 Å². The summed E-state index contributed by atoms with van der Waals surface area (Å²) in [5, 5.41) is 0. The number of benzene rings is 1. The van der Waals surface area contributed by atoms with Crippen molar-refractivity contribution in [3.05, 3.63) is 72.0 Å². The van der Waals surface area contributed by atoms with Crippen LogP contribution in [-0.2, 0) is 36.7 Å². The molecule has 9 nitrogen and oxygen atoms in total. The summed E-state index contributed by atoms with van der Waals surface area (Å²) in [6.07, 6.45) is 15.1. The fourth-order valence-electron chi connectivity index (χ4n) is 4.97. The fourth-order valence-corrected chi connectivity index (χ4v) is 6.48. The molecule has 3 aromatic rings. The summed E-state index contributed by atoms with van der Waals surface area (Å²) in [5.41, 5.74) is 1.79. The average Bonchev–Trinajstić information content (AvgIpc) is 3.55. The maximum absolute atomic E-state index is 13.4. The third kappa shape index (κ3) is 7.12. The van der Waals surface area contributed by atoms with Crippen LogP contribution in [-0.4, -0.2) is 68.2 Å². The number of nitrogens with zero attached hydrogens (tertiary/aromatic N) is 6. The van der Waals surface area contributed by atoms with Gasteiger partial charge in [-0.25, -0.2) is 18.4 Å². The summed E-state index contributed by atoms with van der Waals surface area (Å²) < 4.78 is 30.2. The molecule has 206 valence electrons. The maximum Gasteiger partial charge on any atom is 0.264 e. The molecule has 0 amide bonds. The molecule has 0 saturated carbocycles. The highest BCUT2D eigenvalue weighted by Crippen LogP contribution is 2.29. The van der Waals surface area contributed by atoms with E-state index in [9.17, 15) is 8.42 Å². The molecule has 0 radical (unpaired) electrons. The molecule has 1 aliphatic rings. The van der Waals surface area contributed by atoms with Gasteiger partial charge in [0, 0.05) is 51.1 Å². The Hall–Kier alpha value is -2.95. The van der Waals surface area contributed by atoms with Crippen LogP contribution in [0.4, 0.5) is 0 Å². The largest absolute Gasteiger partial charge is 0.348 e. The Balaban J connectivity index is 1.41. The molecule has 38 heavy (non-hydrogen) atoms. The van der Waals surface area contributed by atoms with Crippen molar-refractivity contribution in [3.63, 3.8) is 0 Å². The van der Waals surface area contributed by atoms with Gasteiger partial charge in [-0.1, -0.05) is 19.9 Å². The van der Waals surface area contributed by atoms with E-state index in [1.165, 1.54) is 4.31 Å². The Labute approximate surface area is 227 Å².